The minimum absolute atomic E-state index is 0.166. The summed E-state index contributed by atoms with van der Waals surface area (Å²) >= 11 is 0. The predicted molar refractivity (Wildman–Crippen MR) is 165 cm³/mol. The fourth-order valence-corrected chi connectivity index (χ4v) is 4.64. The molecule has 0 aliphatic carbocycles. The van der Waals surface area contributed by atoms with Gasteiger partial charge >= 0.3 is 0 Å². The molecule has 43 heavy (non-hydrogen) atoms. The normalized spacial score (nSPS) is 16.9. The number of aliphatic hydroxyl groups excluding tert-OH is 1. The third-order valence-electron chi connectivity index (χ3n) is 7.09. The molecule has 2 aromatic carbocycles. The maximum atomic E-state index is 12.4. The van der Waals surface area contributed by atoms with E-state index in [1.807, 2.05) is 30.3 Å². The van der Waals surface area contributed by atoms with E-state index in [0.717, 1.165) is 82.9 Å². The zero-order chi connectivity index (χ0) is 30.3. The van der Waals surface area contributed by atoms with Crippen molar-refractivity contribution in [2.24, 2.45) is 0 Å². The zero-order valence-corrected chi connectivity index (χ0v) is 25.0. The number of ether oxygens (including phenoxy) is 6. The second-order valence-corrected chi connectivity index (χ2v) is 10.1. The summed E-state index contributed by atoms with van der Waals surface area (Å²) < 4.78 is 33.6. The van der Waals surface area contributed by atoms with Gasteiger partial charge < -0.3 is 33.5 Å². The second kappa shape index (κ2) is 17.3. The van der Waals surface area contributed by atoms with Crippen molar-refractivity contribution in [1.29, 1.82) is 0 Å². The van der Waals surface area contributed by atoms with Gasteiger partial charge in [-0.3, -0.25) is 14.6 Å². The number of carbonyl (C=O) groups excluding carboxylic acids is 1. The van der Waals surface area contributed by atoms with E-state index in [9.17, 15) is 9.90 Å². The monoisotopic (exact) mass is 594 g/mol. The van der Waals surface area contributed by atoms with Crippen molar-refractivity contribution in [1.82, 2.24) is 9.80 Å². The van der Waals surface area contributed by atoms with Gasteiger partial charge in [0.2, 0.25) is 0 Å². The molecule has 2 heterocycles. The molecule has 2 fully saturated rings. The van der Waals surface area contributed by atoms with E-state index in [4.69, 9.17) is 28.4 Å². The Hall–Kier alpha value is -3.83. The number of benzene rings is 2. The number of ketones is 1. The van der Waals surface area contributed by atoms with Crippen LogP contribution in [0.3, 0.4) is 0 Å². The lowest BCUT2D eigenvalue weighted by Crippen LogP contribution is -2.38. The zero-order valence-electron chi connectivity index (χ0n) is 25.0. The molecule has 2 aliphatic rings. The molecule has 0 spiro atoms. The Morgan fingerprint density at radius 3 is 1.67 bits per heavy atom. The molecule has 2 saturated heterocycles. The molecule has 10 heteroatoms. The smallest absolute Gasteiger partial charge is 0.182 e. The maximum absolute atomic E-state index is 12.4. The molecule has 2 aliphatic heterocycles. The molecule has 232 valence electrons. The Kier molecular flexibility index (Phi) is 12.9. The number of aliphatic hydroxyl groups is 1. The van der Waals surface area contributed by atoms with Crippen molar-refractivity contribution in [2.75, 3.05) is 93.1 Å². The van der Waals surface area contributed by atoms with E-state index in [2.05, 4.69) is 9.80 Å². The molecule has 10 nitrogen and oxygen atoms in total. The number of methoxy groups -OCH3 is 2. The fourth-order valence-electron chi connectivity index (χ4n) is 4.64. The van der Waals surface area contributed by atoms with Crippen LogP contribution in [0.5, 0.6) is 23.0 Å². The lowest BCUT2D eigenvalue weighted by atomic mass is 10.1. The number of morpholine rings is 2. The van der Waals surface area contributed by atoms with Crippen LogP contribution in [0.4, 0.5) is 0 Å². The molecular formula is C33H42N2O8. The van der Waals surface area contributed by atoms with E-state index in [1.54, 1.807) is 32.4 Å². The summed E-state index contributed by atoms with van der Waals surface area (Å²) in [6.07, 6.45) is 7.38. The first kappa shape index (κ1) is 32.1. The molecule has 0 bridgehead atoms. The van der Waals surface area contributed by atoms with Crippen LogP contribution in [-0.4, -0.2) is 114 Å². The minimum Gasteiger partial charge on any atom is -0.508 e. The van der Waals surface area contributed by atoms with Crippen LogP contribution in [0, 0.1) is 0 Å². The summed E-state index contributed by atoms with van der Waals surface area (Å²) in [6.45, 7) is 9.37. The van der Waals surface area contributed by atoms with E-state index in [1.165, 1.54) is 12.2 Å². The van der Waals surface area contributed by atoms with E-state index < -0.39 is 0 Å². The summed E-state index contributed by atoms with van der Waals surface area (Å²) in [6, 6.07) is 11.0. The van der Waals surface area contributed by atoms with Gasteiger partial charge in [-0.25, -0.2) is 0 Å². The first-order chi connectivity index (χ1) is 21.0. The van der Waals surface area contributed by atoms with Crippen LogP contribution in [0.25, 0.3) is 12.2 Å². The van der Waals surface area contributed by atoms with Gasteiger partial charge in [0.25, 0.3) is 0 Å². The summed E-state index contributed by atoms with van der Waals surface area (Å²) in [5, 5.41) is 10.3. The SMILES string of the molecule is COc1cc(/C=C/C(=O)/C=C(O)/C=C/c2ccc(OCCN3CCOCC3)c(OC)c2)ccc1OCCN1CCOCC1. The standard InChI is InChI=1S/C33H42N2O8/c1-38-32-23-26(5-9-30(32)42-21-15-34-11-17-40-18-12-34)3-7-28(36)25-29(37)8-4-27-6-10-31(33(24-27)39-2)43-22-16-35-13-19-41-20-14-35/h3-10,23-25,36H,11-22H2,1-2H3/b7-3+,8-4+,28-25-. The molecule has 0 radical (unpaired) electrons. The van der Waals surface area contributed by atoms with Gasteiger partial charge in [-0.2, -0.15) is 0 Å². The van der Waals surface area contributed by atoms with Gasteiger partial charge in [0.15, 0.2) is 28.8 Å². The lowest BCUT2D eigenvalue weighted by Gasteiger charge is -2.26. The van der Waals surface area contributed by atoms with Crippen molar-refractivity contribution in [3.63, 3.8) is 0 Å². The number of nitrogens with zero attached hydrogens (tertiary/aromatic N) is 2. The summed E-state index contributed by atoms with van der Waals surface area (Å²) in [7, 11) is 3.17. The highest BCUT2D eigenvalue weighted by Crippen LogP contribution is 2.29. The maximum Gasteiger partial charge on any atom is 0.182 e. The van der Waals surface area contributed by atoms with Crippen LogP contribution in [0.2, 0.25) is 0 Å². The van der Waals surface area contributed by atoms with Gasteiger partial charge in [0.1, 0.15) is 19.0 Å². The third-order valence-corrected chi connectivity index (χ3v) is 7.09. The molecule has 0 atom stereocenters. The topological polar surface area (TPSA) is 99.2 Å². The summed E-state index contributed by atoms with van der Waals surface area (Å²) in [5.41, 5.74) is 1.56. The van der Waals surface area contributed by atoms with Crippen LogP contribution in [-0.2, 0) is 14.3 Å². The first-order valence-electron chi connectivity index (χ1n) is 14.6. The van der Waals surface area contributed by atoms with Crippen molar-refractivity contribution in [2.45, 2.75) is 0 Å². The number of allylic oxidation sites excluding steroid dienone is 3. The van der Waals surface area contributed by atoms with E-state index in [-0.39, 0.29) is 11.5 Å². The lowest BCUT2D eigenvalue weighted by molar-refractivity contribution is -0.110. The predicted octanol–water partition coefficient (Wildman–Crippen LogP) is 3.86. The molecule has 2 aromatic rings. The number of hydrogen-bond donors (Lipinski definition) is 1. The van der Waals surface area contributed by atoms with Crippen LogP contribution in [0.15, 0.2) is 60.4 Å². The molecule has 0 amide bonds. The molecule has 0 aromatic heterocycles. The molecule has 1 N–H and O–H groups in total. The Morgan fingerprint density at radius 2 is 1.21 bits per heavy atom. The number of carbonyl (C=O) groups is 1. The average molecular weight is 595 g/mol. The number of hydrogen-bond acceptors (Lipinski definition) is 10. The van der Waals surface area contributed by atoms with Crippen molar-refractivity contribution < 1.29 is 38.3 Å². The van der Waals surface area contributed by atoms with Gasteiger partial charge in [0, 0.05) is 45.3 Å². The van der Waals surface area contributed by atoms with Gasteiger partial charge in [-0.1, -0.05) is 24.3 Å². The highest BCUT2D eigenvalue weighted by atomic mass is 16.5. The van der Waals surface area contributed by atoms with Gasteiger partial charge in [-0.05, 0) is 47.5 Å². The Balaban J connectivity index is 1.26. The molecule has 0 saturated carbocycles. The van der Waals surface area contributed by atoms with Gasteiger partial charge in [0.05, 0.1) is 40.6 Å². The number of rotatable bonds is 15. The van der Waals surface area contributed by atoms with Gasteiger partial charge in [-0.15, -0.1) is 0 Å². The van der Waals surface area contributed by atoms with E-state index in [0.29, 0.717) is 36.2 Å². The first-order valence-corrected chi connectivity index (χ1v) is 14.6. The Morgan fingerprint density at radius 1 is 0.744 bits per heavy atom. The van der Waals surface area contributed by atoms with Crippen molar-refractivity contribution in [3.8, 4) is 23.0 Å². The van der Waals surface area contributed by atoms with Crippen molar-refractivity contribution >= 4 is 17.9 Å². The fraction of sp³-hybridized carbons (Fsp3) is 0.424. The summed E-state index contributed by atoms with van der Waals surface area (Å²) in [4.78, 5) is 17.0. The molecular weight excluding hydrogens is 552 g/mol. The largest absolute Gasteiger partial charge is 0.508 e. The molecule has 0 unspecified atom stereocenters. The third kappa shape index (κ3) is 10.7. The van der Waals surface area contributed by atoms with Crippen LogP contribution >= 0.6 is 0 Å². The Bertz CT molecular complexity index is 1260. The molecule has 4 rings (SSSR count). The Labute approximate surface area is 253 Å². The second-order valence-electron chi connectivity index (χ2n) is 10.1. The highest BCUT2D eigenvalue weighted by Gasteiger charge is 2.12. The van der Waals surface area contributed by atoms with Crippen molar-refractivity contribution in [3.05, 3.63) is 71.5 Å². The average Bonchev–Trinajstić information content (AvgIpc) is 3.04. The van der Waals surface area contributed by atoms with E-state index >= 15 is 0 Å². The van der Waals surface area contributed by atoms with Crippen LogP contribution < -0.4 is 18.9 Å². The quantitative estimate of drug-likeness (QED) is 0.186. The van der Waals surface area contributed by atoms with Crippen LogP contribution in [0.1, 0.15) is 11.1 Å². The summed E-state index contributed by atoms with van der Waals surface area (Å²) in [5.74, 6) is 1.95. The highest BCUT2D eigenvalue weighted by molar-refractivity contribution is 6.02. The minimum atomic E-state index is -0.353.